The minimum Gasteiger partial charge on any atom is -0.489 e. The molecule has 0 radical (unpaired) electrons. The molecule has 0 spiro atoms. The maximum Gasteiger partial charge on any atom is 0.162 e. The van der Waals surface area contributed by atoms with Crippen LogP contribution in [0.1, 0.15) is 22.8 Å². The highest BCUT2D eigenvalue weighted by molar-refractivity contribution is 5.94. The Morgan fingerprint density at radius 3 is 2.25 bits per heavy atom. The van der Waals surface area contributed by atoms with Gasteiger partial charge in [-0.15, -0.1) is 0 Å². The highest BCUT2D eigenvalue weighted by Crippen LogP contribution is 2.19. The summed E-state index contributed by atoms with van der Waals surface area (Å²) in [5.74, 6) is -2.32. The Labute approximate surface area is 113 Å². The molecule has 2 nitrogen and oxygen atoms in total. The first-order valence-corrected chi connectivity index (χ1v) is 5.84. The molecular weight excluding hydrogens is 269 g/mol. The molecule has 0 aliphatic heterocycles. The van der Waals surface area contributed by atoms with Crippen molar-refractivity contribution in [3.63, 3.8) is 0 Å². The van der Waals surface area contributed by atoms with Crippen molar-refractivity contribution in [2.45, 2.75) is 13.5 Å². The van der Waals surface area contributed by atoms with Gasteiger partial charge in [0.15, 0.2) is 5.78 Å². The lowest BCUT2D eigenvalue weighted by molar-refractivity contribution is 0.101. The fraction of sp³-hybridized carbons (Fsp3) is 0.133. The van der Waals surface area contributed by atoms with Crippen LogP contribution in [0.15, 0.2) is 36.4 Å². The second-order valence-corrected chi connectivity index (χ2v) is 4.26. The molecule has 0 heterocycles. The molecule has 104 valence electrons. The maximum atomic E-state index is 13.5. The summed E-state index contributed by atoms with van der Waals surface area (Å²) < 4.78 is 44.7. The van der Waals surface area contributed by atoms with Crippen molar-refractivity contribution >= 4 is 5.78 Å². The van der Waals surface area contributed by atoms with Crippen LogP contribution in [0.5, 0.6) is 5.75 Å². The van der Waals surface area contributed by atoms with Crippen LogP contribution >= 0.6 is 0 Å². The Morgan fingerprint density at radius 1 is 1.05 bits per heavy atom. The van der Waals surface area contributed by atoms with Gasteiger partial charge in [0.1, 0.15) is 29.8 Å². The number of ketones is 1. The molecule has 0 N–H and O–H groups in total. The number of carbonyl (C=O) groups excluding carboxylic acids is 1. The van der Waals surface area contributed by atoms with Gasteiger partial charge in [-0.3, -0.25) is 4.79 Å². The first kappa shape index (κ1) is 14.1. The molecular formula is C15H11F3O2. The van der Waals surface area contributed by atoms with Gasteiger partial charge < -0.3 is 4.74 Å². The van der Waals surface area contributed by atoms with Crippen LogP contribution in [0, 0.1) is 17.5 Å². The summed E-state index contributed by atoms with van der Waals surface area (Å²) in [7, 11) is 0. The fourth-order valence-electron chi connectivity index (χ4n) is 1.73. The van der Waals surface area contributed by atoms with Gasteiger partial charge in [-0.05, 0) is 36.8 Å². The van der Waals surface area contributed by atoms with Crippen molar-refractivity contribution in [2.24, 2.45) is 0 Å². The summed E-state index contributed by atoms with van der Waals surface area (Å²) in [4.78, 5) is 11.1. The second-order valence-electron chi connectivity index (χ2n) is 4.26. The quantitative estimate of drug-likeness (QED) is 0.794. The Balaban J connectivity index is 2.11. The van der Waals surface area contributed by atoms with E-state index in [4.69, 9.17) is 4.74 Å². The van der Waals surface area contributed by atoms with Crippen LogP contribution < -0.4 is 4.74 Å². The molecule has 20 heavy (non-hydrogen) atoms. The smallest absolute Gasteiger partial charge is 0.162 e. The highest BCUT2D eigenvalue weighted by Gasteiger charge is 2.08. The van der Waals surface area contributed by atoms with Gasteiger partial charge in [-0.1, -0.05) is 0 Å². The van der Waals surface area contributed by atoms with Crippen LogP contribution in [0.4, 0.5) is 13.2 Å². The maximum absolute atomic E-state index is 13.5. The van der Waals surface area contributed by atoms with E-state index in [0.717, 1.165) is 24.3 Å². The molecule has 0 bridgehead atoms. The Hall–Kier alpha value is -2.30. The van der Waals surface area contributed by atoms with Crippen LogP contribution in [-0.4, -0.2) is 5.78 Å². The number of rotatable bonds is 4. The van der Waals surface area contributed by atoms with E-state index in [1.165, 1.54) is 19.1 Å². The molecule has 0 aromatic heterocycles. The first-order valence-electron chi connectivity index (χ1n) is 5.84. The van der Waals surface area contributed by atoms with Crippen LogP contribution in [0.25, 0.3) is 0 Å². The zero-order valence-corrected chi connectivity index (χ0v) is 10.6. The molecule has 0 saturated heterocycles. The van der Waals surface area contributed by atoms with Gasteiger partial charge in [-0.25, -0.2) is 13.2 Å². The molecule has 0 fully saturated rings. The van der Waals surface area contributed by atoms with Gasteiger partial charge >= 0.3 is 0 Å². The number of halogens is 3. The second kappa shape index (κ2) is 5.77. The van der Waals surface area contributed by atoms with E-state index in [1.807, 2.05) is 0 Å². The lowest BCUT2D eigenvalue weighted by Crippen LogP contribution is -2.00. The van der Waals surface area contributed by atoms with Crippen molar-refractivity contribution in [1.82, 2.24) is 0 Å². The molecule has 2 aromatic carbocycles. The summed E-state index contributed by atoms with van der Waals surface area (Å²) in [5.41, 5.74) is 0.257. The standard InChI is InChI=1S/C15H11F3O2/c1-9(19)14-3-2-13(7-15(14)18)20-8-10-4-11(16)6-12(17)5-10/h2-7H,8H2,1H3. The zero-order chi connectivity index (χ0) is 14.7. The van der Waals surface area contributed by atoms with Crippen LogP contribution in [-0.2, 0) is 6.61 Å². The monoisotopic (exact) mass is 280 g/mol. The molecule has 0 aliphatic rings. The van der Waals surface area contributed by atoms with E-state index in [2.05, 4.69) is 0 Å². The number of carbonyl (C=O) groups is 1. The zero-order valence-electron chi connectivity index (χ0n) is 10.6. The summed E-state index contributed by atoms with van der Waals surface area (Å²) in [6.07, 6.45) is 0. The van der Waals surface area contributed by atoms with E-state index < -0.39 is 17.5 Å². The average molecular weight is 280 g/mol. The summed E-state index contributed by atoms with van der Waals surface area (Å²) in [5, 5.41) is 0. The average Bonchev–Trinajstić information content (AvgIpc) is 2.35. The normalized spacial score (nSPS) is 10.4. The molecule has 0 atom stereocenters. The number of Topliss-reactive ketones (excluding diaryl/α,β-unsaturated/α-hetero) is 1. The third-order valence-electron chi connectivity index (χ3n) is 2.65. The van der Waals surface area contributed by atoms with Crippen molar-refractivity contribution in [3.8, 4) is 5.75 Å². The predicted molar refractivity (Wildman–Crippen MR) is 67.1 cm³/mol. The van der Waals surface area contributed by atoms with E-state index in [9.17, 15) is 18.0 Å². The predicted octanol–water partition coefficient (Wildman–Crippen LogP) is 3.89. The number of ether oxygens (including phenoxy) is 1. The van der Waals surface area contributed by atoms with Gasteiger partial charge in [0.2, 0.25) is 0 Å². The Kier molecular flexibility index (Phi) is 4.08. The SMILES string of the molecule is CC(=O)c1ccc(OCc2cc(F)cc(F)c2)cc1F. The van der Waals surface area contributed by atoms with E-state index in [1.54, 1.807) is 0 Å². The van der Waals surface area contributed by atoms with Crippen molar-refractivity contribution < 1.29 is 22.7 Å². The van der Waals surface area contributed by atoms with E-state index in [-0.39, 0.29) is 23.7 Å². The number of hydrogen-bond acceptors (Lipinski definition) is 2. The van der Waals surface area contributed by atoms with Gasteiger partial charge in [-0.2, -0.15) is 0 Å². The van der Waals surface area contributed by atoms with Gasteiger partial charge in [0.05, 0.1) is 5.56 Å². The van der Waals surface area contributed by atoms with Gasteiger partial charge in [0.25, 0.3) is 0 Å². The molecule has 2 rings (SSSR count). The number of hydrogen-bond donors (Lipinski definition) is 0. The van der Waals surface area contributed by atoms with Crippen molar-refractivity contribution in [3.05, 3.63) is 65.0 Å². The minimum absolute atomic E-state index is 0.0332. The third-order valence-corrected chi connectivity index (χ3v) is 2.65. The van der Waals surface area contributed by atoms with Crippen molar-refractivity contribution in [2.75, 3.05) is 0 Å². The molecule has 5 heteroatoms. The van der Waals surface area contributed by atoms with Crippen molar-refractivity contribution in [1.29, 1.82) is 0 Å². The molecule has 0 saturated carbocycles. The lowest BCUT2D eigenvalue weighted by Gasteiger charge is -2.08. The summed E-state index contributed by atoms with van der Waals surface area (Å²) in [6.45, 7) is 1.15. The minimum atomic E-state index is -0.707. The topological polar surface area (TPSA) is 26.3 Å². The van der Waals surface area contributed by atoms with E-state index >= 15 is 0 Å². The molecule has 0 aliphatic carbocycles. The lowest BCUT2D eigenvalue weighted by atomic mass is 10.1. The highest BCUT2D eigenvalue weighted by atomic mass is 19.1. The molecule has 2 aromatic rings. The molecule has 0 unspecified atom stereocenters. The van der Waals surface area contributed by atoms with Crippen LogP contribution in [0.2, 0.25) is 0 Å². The first-order chi connectivity index (χ1) is 9.45. The third kappa shape index (κ3) is 3.38. The largest absolute Gasteiger partial charge is 0.489 e. The summed E-state index contributed by atoms with van der Waals surface area (Å²) >= 11 is 0. The summed E-state index contributed by atoms with van der Waals surface area (Å²) in [6, 6.07) is 6.80. The van der Waals surface area contributed by atoms with Gasteiger partial charge in [0, 0.05) is 12.1 Å². The van der Waals surface area contributed by atoms with Crippen LogP contribution in [0.3, 0.4) is 0 Å². The molecule has 0 amide bonds. The number of benzene rings is 2. The fourth-order valence-corrected chi connectivity index (χ4v) is 1.73. The Bertz CT molecular complexity index is 633. The Morgan fingerprint density at radius 2 is 1.70 bits per heavy atom. The van der Waals surface area contributed by atoms with E-state index in [0.29, 0.717) is 5.56 Å².